The number of aromatic carboxylic acids is 1. The summed E-state index contributed by atoms with van der Waals surface area (Å²) >= 11 is 0. The summed E-state index contributed by atoms with van der Waals surface area (Å²) in [5, 5.41) is 27.3. The van der Waals surface area contributed by atoms with Crippen molar-refractivity contribution in [3.63, 3.8) is 0 Å². The molecule has 0 aliphatic heterocycles. The molecule has 9 heteroatoms. The van der Waals surface area contributed by atoms with E-state index in [0.717, 1.165) is 22.9 Å². The smallest absolute Gasteiger partial charge is 0.358 e. The summed E-state index contributed by atoms with van der Waals surface area (Å²) in [6.45, 7) is 3.37. The lowest BCUT2D eigenvalue weighted by atomic mass is 10.1. The van der Waals surface area contributed by atoms with E-state index in [2.05, 4.69) is 10.3 Å². The van der Waals surface area contributed by atoms with Gasteiger partial charge in [-0.15, -0.1) is 5.10 Å². The third kappa shape index (κ3) is 2.57. The highest BCUT2D eigenvalue weighted by atomic mass is 19.1. The first-order valence-corrected chi connectivity index (χ1v) is 5.96. The van der Waals surface area contributed by atoms with Crippen LogP contribution in [0.2, 0.25) is 0 Å². The number of benzene rings is 1. The van der Waals surface area contributed by atoms with Gasteiger partial charge in [0.1, 0.15) is 11.5 Å². The van der Waals surface area contributed by atoms with E-state index in [4.69, 9.17) is 5.11 Å². The van der Waals surface area contributed by atoms with Crippen LogP contribution in [0, 0.1) is 15.9 Å². The van der Waals surface area contributed by atoms with Crippen molar-refractivity contribution in [1.29, 1.82) is 0 Å². The van der Waals surface area contributed by atoms with Crippen molar-refractivity contribution in [3.8, 4) is 5.69 Å². The number of halogens is 1. The maximum Gasteiger partial charge on any atom is 0.358 e. The topological polar surface area (TPSA) is 111 Å². The monoisotopic (exact) mass is 294 g/mol. The lowest BCUT2D eigenvalue weighted by Crippen LogP contribution is -2.10. The van der Waals surface area contributed by atoms with Gasteiger partial charge in [-0.25, -0.2) is 13.9 Å². The number of aromatic nitrogens is 3. The first-order valence-electron chi connectivity index (χ1n) is 5.96. The van der Waals surface area contributed by atoms with Crippen LogP contribution in [-0.4, -0.2) is 31.0 Å². The van der Waals surface area contributed by atoms with Gasteiger partial charge in [0.2, 0.25) is 0 Å². The van der Waals surface area contributed by atoms with Crippen LogP contribution in [0.25, 0.3) is 5.69 Å². The minimum atomic E-state index is -1.30. The van der Waals surface area contributed by atoms with Gasteiger partial charge in [0.25, 0.3) is 5.69 Å². The second kappa shape index (κ2) is 5.27. The molecule has 21 heavy (non-hydrogen) atoms. The highest BCUT2D eigenvalue weighted by Gasteiger charge is 2.26. The summed E-state index contributed by atoms with van der Waals surface area (Å²) < 4.78 is 14.4. The molecule has 1 heterocycles. The predicted molar refractivity (Wildman–Crippen MR) is 69.0 cm³/mol. The van der Waals surface area contributed by atoms with Gasteiger partial charge in [0, 0.05) is 12.1 Å². The van der Waals surface area contributed by atoms with Gasteiger partial charge in [-0.2, -0.15) is 0 Å². The lowest BCUT2D eigenvalue weighted by molar-refractivity contribution is -0.384. The Morgan fingerprint density at radius 2 is 2.14 bits per heavy atom. The van der Waals surface area contributed by atoms with Gasteiger partial charge in [-0.3, -0.25) is 10.1 Å². The zero-order chi connectivity index (χ0) is 15.7. The van der Waals surface area contributed by atoms with Crippen LogP contribution in [-0.2, 0) is 0 Å². The highest BCUT2D eigenvalue weighted by molar-refractivity contribution is 5.87. The largest absolute Gasteiger partial charge is 0.476 e. The van der Waals surface area contributed by atoms with Gasteiger partial charge in [0.05, 0.1) is 10.6 Å². The quantitative estimate of drug-likeness (QED) is 0.683. The van der Waals surface area contributed by atoms with Crippen molar-refractivity contribution >= 4 is 11.7 Å². The average molecular weight is 294 g/mol. The van der Waals surface area contributed by atoms with Gasteiger partial charge in [-0.1, -0.05) is 19.1 Å². The Balaban J connectivity index is 2.76. The number of hydrogen-bond donors (Lipinski definition) is 1. The van der Waals surface area contributed by atoms with E-state index < -0.39 is 16.7 Å². The molecule has 0 saturated carbocycles. The molecule has 8 nitrogen and oxygen atoms in total. The first-order chi connectivity index (χ1) is 9.82. The molecule has 2 rings (SSSR count). The van der Waals surface area contributed by atoms with Gasteiger partial charge in [0.15, 0.2) is 5.69 Å². The molecule has 0 saturated heterocycles. The summed E-state index contributed by atoms with van der Waals surface area (Å²) in [5.41, 5.74) is -0.705. The van der Waals surface area contributed by atoms with E-state index in [9.17, 15) is 19.3 Å². The summed E-state index contributed by atoms with van der Waals surface area (Å²) in [6.07, 6.45) is 0. The molecular weight excluding hydrogens is 283 g/mol. The number of nitrogens with zero attached hydrogens (tertiary/aromatic N) is 4. The predicted octanol–water partition coefficient (Wildman–Crippen LogP) is 2.14. The highest BCUT2D eigenvalue weighted by Crippen LogP contribution is 2.28. The Morgan fingerprint density at radius 3 is 2.67 bits per heavy atom. The molecule has 1 N–H and O–H groups in total. The van der Waals surface area contributed by atoms with Gasteiger partial charge >= 0.3 is 5.97 Å². The fraction of sp³-hybridized carbons (Fsp3) is 0.250. The zero-order valence-corrected chi connectivity index (χ0v) is 11.1. The number of nitro groups is 1. The number of carboxylic acid groups (broad SMARTS) is 1. The standard InChI is InChI=1S/C12H11FN4O4/c1-6(2)11-10(12(18)19)14-15-16(11)9-5-7(13)3-4-8(9)17(20)21/h3-6H,1-2H3,(H,18,19). The van der Waals surface area contributed by atoms with Crippen molar-refractivity contribution in [1.82, 2.24) is 15.0 Å². The fourth-order valence-electron chi connectivity index (χ4n) is 1.96. The van der Waals surface area contributed by atoms with Crippen LogP contribution < -0.4 is 0 Å². The molecule has 0 amide bonds. The number of carboxylic acids is 1. The molecule has 0 aliphatic rings. The van der Waals surface area contributed by atoms with Crippen molar-refractivity contribution in [2.75, 3.05) is 0 Å². The third-order valence-electron chi connectivity index (χ3n) is 2.82. The molecule has 0 spiro atoms. The van der Waals surface area contributed by atoms with Crippen LogP contribution in [0.5, 0.6) is 0 Å². The second-order valence-electron chi connectivity index (χ2n) is 4.59. The number of nitro benzene ring substituents is 1. The fourth-order valence-corrected chi connectivity index (χ4v) is 1.96. The molecular formula is C12H11FN4O4. The van der Waals surface area contributed by atoms with E-state index in [1.54, 1.807) is 13.8 Å². The average Bonchev–Trinajstić information content (AvgIpc) is 2.82. The van der Waals surface area contributed by atoms with E-state index in [1.807, 2.05) is 0 Å². The molecule has 0 bridgehead atoms. The summed E-state index contributed by atoms with van der Waals surface area (Å²) in [6, 6.07) is 2.87. The summed E-state index contributed by atoms with van der Waals surface area (Å²) in [5.74, 6) is -2.32. The Kier molecular flexibility index (Phi) is 3.66. The molecule has 0 radical (unpaired) electrons. The molecule has 0 atom stereocenters. The number of rotatable bonds is 4. The normalized spacial score (nSPS) is 10.9. The van der Waals surface area contributed by atoms with Crippen molar-refractivity contribution < 1.29 is 19.2 Å². The first kappa shape index (κ1) is 14.6. The number of carbonyl (C=O) groups is 1. The molecule has 0 aliphatic carbocycles. The molecule has 1 aromatic heterocycles. The summed E-state index contributed by atoms with van der Waals surface area (Å²) in [7, 11) is 0. The summed E-state index contributed by atoms with van der Waals surface area (Å²) in [4.78, 5) is 21.5. The van der Waals surface area contributed by atoms with E-state index >= 15 is 0 Å². The minimum absolute atomic E-state index is 0.163. The number of hydrogen-bond acceptors (Lipinski definition) is 5. The molecule has 110 valence electrons. The van der Waals surface area contributed by atoms with Crippen LogP contribution in [0.3, 0.4) is 0 Å². The Morgan fingerprint density at radius 1 is 1.48 bits per heavy atom. The Labute approximate surface area is 118 Å². The van der Waals surface area contributed by atoms with E-state index in [-0.39, 0.29) is 28.7 Å². The molecule has 1 aromatic carbocycles. The van der Waals surface area contributed by atoms with Gasteiger partial charge in [-0.05, 0) is 12.0 Å². The second-order valence-corrected chi connectivity index (χ2v) is 4.59. The molecule has 0 unspecified atom stereocenters. The maximum atomic E-state index is 13.4. The van der Waals surface area contributed by atoms with Gasteiger partial charge < -0.3 is 5.11 Å². The molecule has 0 fully saturated rings. The van der Waals surface area contributed by atoms with Crippen molar-refractivity contribution in [3.05, 3.63) is 45.5 Å². The Hall–Kier alpha value is -2.84. The van der Waals surface area contributed by atoms with Crippen LogP contribution >= 0.6 is 0 Å². The van der Waals surface area contributed by atoms with E-state index in [0.29, 0.717) is 0 Å². The zero-order valence-electron chi connectivity index (χ0n) is 11.1. The van der Waals surface area contributed by atoms with Crippen molar-refractivity contribution in [2.24, 2.45) is 0 Å². The molecule has 2 aromatic rings. The van der Waals surface area contributed by atoms with Crippen LogP contribution in [0.4, 0.5) is 10.1 Å². The SMILES string of the molecule is CC(C)c1c(C(=O)O)nnn1-c1cc(F)ccc1[N+](=O)[O-]. The van der Waals surface area contributed by atoms with E-state index in [1.165, 1.54) is 0 Å². The van der Waals surface area contributed by atoms with Crippen LogP contribution in [0.1, 0.15) is 35.9 Å². The lowest BCUT2D eigenvalue weighted by Gasteiger charge is -2.10. The van der Waals surface area contributed by atoms with Crippen molar-refractivity contribution in [2.45, 2.75) is 19.8 Å². The minimum Gasteiger partial charge on any atom is -0.476 e. The Bertz CT molecular complexity index is 726. The van der Waals surface area contributed by atoms with Crippen LogP contribution in [0.15, 0.2) is 18.2 Å². The third-order valence-corrected chi connectivity index (χ3v) is 2.82. The maximum absolute atomic E-state index is 13.4.